The highest BCUT2D eigenvalue weighted by atomic mass is 127. The van der Waals surface area contributed by atoms with Crippen LogP contribution >= 0.6 is 24.0 Å². The fourth-order valence-corrected chi connectivity index (χ4v) is 2.81. The first kappa shape index (κ1) is 18.7. The van der Waals surface area contributed by atoms with Crippen LogP contribution in [0.4, 0.5) is 11.5 Å². The monoisotopic (exact) mass is 422 g/mol. The second-order valence-electron chi connectivity index (χ2n) is 5.67. The first-order chi connectivity index (χ1) is 9.84. The summed E-state index contributed by atoms with van der Waals surface area (Å²) in [5.41, 5.74) is 0.0117. The van der Waals surface area contributed by atoms with Crippen LogP contribution in [0.25, 0.3) is 0 Å². The molecule has 0 saturated carbocycles. The number of anilines is 2. The van der Waals surface area contributed by atoms with E-state index in [1.807, 2.05) is 23.9 Å². The van der Waals surface area contributed by atoms with Crippen molar-refractivity contribution in [2.75, 3.05) is 30.6 Å². The first-order valence-electron chi connectivity index (χ1n) is 7.10. The van der Waals surface area contributed by atoms with Gasteiger partial charge >= 0.3 is 5.69 Å². The molecule has 0 fully saturated rings. The molecule has 0 radical (unpaired) electrons. The molecule has 0 atom stereocenters. The lowest BCUT2D eigenvalue weighted by Crippen LogP contribution is -2.40. The Balaban J connectivity index is 0.00000242. The van der Waals surface area contributed by atoms with E-state index >= 15 is 0 Å². The van der Waals surface area contributed by atoms with Crippen molar-refractivity contribution in [2.45, 2.75) is 32.7 Å². The summed E-state index contributed by atoms with van der Waals surface area (Å²) in [5, 5.41) is 0. The van der Waals surface area contributed by atoms with E-state index in [1.165, 1.54) is 9.13 Å². The Labute approximate surface area is 146 Å². The highest BCUT2D eigenvalue weighted by molar-refractivity contribution is 14.0. The summed E-state index contributed by atoms with van der Waals surface area (Å²) in [7, 11) is 5.38. The van der Waals surface area contributed by atoms with Crippen LogP contribution in [0.1, 0.15) is 26.2 Å². The van der Waals surface area contributed by atoms with Crippen LogP contribution in [0.5, 0.6) is 0 Å². The molecule has 0 aliphatic carbocycles. The number of hydrogen-bond acceptors (Lipinski definition) is 5. The molecule has 1 aromatic rings. The molecule has 0 unspecified atom stereocenters. The molecule has 8 heteroatoms. The summed E-state index contributed by atoms with van der Waals surface area (Å²) in [5.74, 6) is 0.790. The molecular weight excluding hydrogens is 399 g/mol. The standard InChI is InChI=1S/C14H22N4O3.HI/c1-10(19)7-5-6-8-18-13(20)11-12(17(4)14(18)21)16(3)9-15(11)2;/h5-9H2,1-4H3;1H. The van der Waals surface area contributed by atoms with Crippen LogP contribution in [0.2, 0.25) is 0 Å². The average Bonchev–Trinajstić information content (AvgIpc) is 2.70. The normalized spacial score (nSPS) is 13.1. The molecule has 124 valence electrons. The van der Waals surface area contributed by atoms with E-state index in [-0.39, 0.29) is 41.0 Å². The Morgan fingerprint density at radius 2 is 1.73 bits per heavy atom. The zero-order valence-electron chi connectivity index (χ0n) is 13.5. The van der Waals surface area contributed by atoms with Crippen LogP contribution in [-0.4, -0.2) is 35.7 Å². The largest absolute Gasteiger partial charge is 0.349 e. The van der Waals surface area contributed by atoms with E-state index in [0.717, 1.165) is 0 Å². The van der Waals surface area contributed by atoms with Crippen molar-refractivity contribution in [3.8, 4) is 0 Å². The fourth-order valence-electron chi connectivity index (χ4n) is 2.81. The van der Waals surface area contributed by atoms with Crippen molar-refractivity contribution in [3.63, 3.8) is 0 Å². The van der Waals surface area contributed by atoms with Gasteiger partial charge in [-0.05, 0) is 19.8 Å². The van der Waals surface area contributed by atoms with Gasteiger partial charge in [-0.3, -0.25) is 13.9 Å². The van der Waals surface area contributed by atoms with Gasteiger partial charge in [0.25, 0.3) is 5.56 Å². The quantitative estimate of drug-likeness (QED) is 0.518. The Kier molecular flexibility index (Phi) is 6.21. The van der Waals surface area contributed by atoms with E-state index in [2.05, 4.69) is 0 Å². The third-order valence-corrected chi connectivity index (χ3v) is 3.82. The topological polar surface area (TPSA) is 67.5 Å². The van der Waals surface area contributed by atoms with Gasteiger partial charge in [0.15, 0.2) is 0 Å². The number of unbranched alkanes of at least 4 members (excludes halogenated alkanes) is 1. The van der Waals surface area contributed by atoms with E-state index < -0.39 is 0 Å². The molecule has 2 rings (SSSR count). The van der Waals surface area contributed by atoms with Gasteiger partial charge in [-0.1, -0.05) is 0 Å². The van der Waals surface area contributed by atoms with Crippen LogP contribution in [-0.2, 0) is 18.4 Å². The minimum absolute atomic E-state index is 0. The Morgan fingerprint density at radius 3 is 2.32 bits per heavy atom. The molecule has 0 aromatic carbocycles. The SMILES string of the molecule is CC(=O)CCCCn1c(=O)c2c(n(C)c1=O)N(C)CN2C.I. The minimum Gasteiger partial charge on any atom is -0.349 e. The smallest absolute Gasteiger partial charge is 0.332 e. The van der Waals surface area contributed by atoms with E-state index in [0.29, 0.717) is 44.0 Å². The average molecular weight is 422 g/mol. The summed E-state index contributed by atoms with van der Waals surface area (Å²) in [6.45, 7) is 2.49. The van der Waals surface area contributed by atoms with Gasteiger partial charge in [0.05, 0.1) is 6.67 Å². The van der Waals surface area contributed by atoms with E-state index in [9.17, 15) is 14.4 Å². The summed E-state index contributed by atoms with van der Waals surface area (Å²) in [4.78, 5) is 39.5. The molecule has 1 aliphatic rings. The lowest BCUT2D eigenvalue weighted by atomic mass is 10.2. The van der Waals surface area contributed by atoms with Crippen molar-refractivity contribution in [2.24, 2.45) is 7.05 Å². The molecule has 22 heavy (non-hydrogen) atoms. The number of aromatic nitrogens is 2. The summed E-state index contributed by atoms with van der Waals surface area (Å²) >= 11 is 0. The Hall–Kier alpha value is -1.32. The third kappa shape index (κ3) is 3.36. The molecule has 0 N–H and O–H groups in total. The van der Waals surface area contributed by atoms with Crippen molar-refractivity contribution in [1.29, 1.82) is 0 Å². The van der Waals surface area contributed by atoms with Crippen molar-refractivity contribution < 1.29 is 4.79 Å². The number of nitrogens with zero attached hydrogens (tertiary/aromatic N) is 4. The second-order valence-corrected chi connectivity index (χ2v) is 5.67. The van der Waals surface area contributed by atoms with Crippen molar-refractivity contribution in [3.05, 3.63) is 20.8 Å². The fraction of sp³-hybridized carbons (Fsp3) is 0.643. The zero-order valence-corrected chi connectivity index (χ0v) is 15.8. The third-order valence-electron chi connectivity index (χ3n) is 3.82. The van der Waals surface area contributed by atoms with Crippen molar-refractivity contribution >= 4 is 41.3 Å². The molecule has 2 heterocycles. The van der Waals surface area contributed by atoms with Gasteiger partial charge in [-0.25, -0.2) is 4.79 Å². The summed E-state index contributed by atoms with van der Waals surface area (Å²) < 4.78 is 2.79. The van der Waals surface area contributed by atoms with Crippen LogP contribution < -0.4 is 21.0 Å². The lowest BCUT2D eigenvalue weighted by Gasteiger charge is -2.15. The number of rotatable bonds is 5. The maximum Gasteiger partial charge on any atom is 0.332 e. The van der Waals surface area contributed by atoms with Crippen LogP contribution in [0, 0.1) is 0 Å². The van der Waals surface area contributed by atoms with Gasteiger partial charge in [-0.15, -0.1) is 24.0 Å². The predicted octanol–water partition coefficient (Wildman–Crippen LogP) is 0.768. The van der Waals surface area contributed by atoms with Gasteiger partial charge in [-0.2, -0.15) is 0 Å². The number of fused-ring (bicyclic) bond motifs is 1. The maximum atomic E-state index is 12.5. The van der Waals surface area contributed by atoms with E-state index in [4.69, 9.17) is 0 Å². The van der Waals surface area contributed by atoms with Gasteiger partial charge in [0, 0.05) is 34.1 Å². The number of Topliss-reactive ketones (excluding diaryl/α,β-unsaturated/α-hetero) is 1. The predicted molar refractivity (Wildman–Crippen MR) is 97.6 cm³/mol. The number of carbonyl (C=O) groups excluding carboxylic acids is 1. The van der Waals surface area contributed by atoms with Gasteiger partial charge < -0.3 is 14.6 Å². The van der Waals surface area contributed by atoms with Crippen molar-refractivity contribution in [1.82, 2.24) is 9.13 Å². The van der Waals surface area contributed by atoms with Gasteiger partial charge in [0.2, 0.25) is 0 Å². The molecule has 0 bridgehead atoms. The minimum atomic E-state index is -0.302. The number of hydrogen-bond donors (Lipinski definition) is 0. The zero-order chi connectivity index (χ0) is 15.7. The molecule has 1 aromatic heterocycles. The highest BCUT2D eigenvalue weighted by Crippen LogP contribution is 2.28. The molecule has 7 nitrogen and oxygen atoms in total. The Bertz CT molecular complexity index is 680. The van der Waals surface area contributed by atoms with Crippen LogP contribution in [0.3, 0.4) is 0 Å². The van der Waals surface area contributed by atoms with E-state index in [1.54, 1.807) is 14.0 Å². The van der Waals surface area contributed by atoms with Crippen LogP contribution in [0.15, 0.2) is 9.59 Å². The maximum absolute atomic E-state index is 12.5. The molecule has 0 saturated heterocycles. The molecule has 1 aliphatic heterocycles. The summed E-state index contributed by atoms with van der Waals surface area (Å²) in [6, 6.07) is 0. The number of ketones is 1. The molecular formula is C14H23IN4O3. The Morgan fingerprint density at radius 1 is 1.09 bits per heavy atom. The second kappa shape index (κ2) is 7.30. The van der Waals surface area contributed by atoms with Gasteiger partial charge in [0.1, 0.15) is 17.3 Å². The first-order valence-corrected chi connectivity index (χ1v) is 7.10. The molecule has 0 spiro atoms. The lowest BCUT2D eigenvalue weighted by molar-refractivity contribution is -0.117. The highest BCUT2D eigenvalue weighted by Gasteiger charge is 2.28. The molecule has 0 amide bonds. The number of halogens is 1. The summed E-state index contributed by atoms with van der Waals surface area (Å²) in [6.07, 6.45) is 1.83. The number of carbonyl (C=O) groups is 1.